The van der Waals surface area contributed by atoms with Gasteiger partial charge in [-0.2, -0.15) is 0 Å². The highest BCUT2D eigenvalue weighted by Crippen LogP contribution is 2.33. The molecule has 0 aromatic rings. The Bertz CT molecular complexity index is 395. The average Bonchev–Trinajstić information content (AvgIpc) is 2.80. The second kappa shape index (κ2) is 7.21. The van der Waals surface area contributed by atoms with E-state index in [0.717, 1.165) is 0 Å². The SMILES string of the molecule is OC[C@H]1O[C@](CO)(OC[C@H]2O[C@H](O)[C@H](O)[C@@H](O)[C@@H]2O)[C@@H](O)[C@@H]1O. The van der Waals surface area contributed by atoms with E-state index in [9.17, 15) is 35.7 Å². The van der Waals surface area contributed by atoms with Gasteiger partial charge >= 0.3 is 0 Å². The van der Waals surface area contributed by atoms with Gasteiger partial charge in [-0.3, -0.25) is 0 Å². The number of aliphatic hydroxyl groups is 8. The van der Waals surface area contributed by atoms with Crippen LogP contribution < -0.4 is 0 Å². The first-order valence-electron chi connectivity index (χ1n) is 7.04. The molecule has 2 aliphatic heterocycles. The van der Waals surface area contributed by atoms with Crippen molar-refractivity contribution in [2.45, 2.75) is 54.8 Å². The van der Waals surface area contributed by atoms with E-state index in [1.54, 1.807) is 0 Å². The van der Waals surface area contributed by atoms with Gasteiger partial charge in [-0.1, -0.05) is 0 Å². The zero-order valence-corrected chi connectivity index (χ0v) is 12.0. The fourth-order valence-electron chi connectivity index (χ4n) is 2.59. The Kier molecular flexibility index (Phi) is 5.92. The predicted octanol–water partition coefficient (Wildman–Crippen LogP) is -5.40. The van der Waals surface area contributed by atoms with Crippen LogP contribution in [-0.2, 0) is 14.2 Å². The molecule has 9 atom stereocenters. The Hall–Kier alpha value is -0.440. The fraction of sp³-hybridized carbons (Fsp3) is 1.00. The molecule has 0 saturated carbocycles. The van der Waals surface area contributed by atoms with Crippen LogP contribution in [0.3, 0.4) is 0 Å². The normalized spacial score (nSPS) is 51.1. The molecule has 8 N–H and O–H groups in total. The molecule has 136 valence electrons. The first-order valence-corrected chi connectivity index (χ1v) is 7.04. The summed E-state index contributed by atoms with van der Waals surface area (Å²) in [6.07, 6.45) is -12.5. The summed E-state index contributed by atoms with van der Waals surface area (Å²) >= 11 is 0. The highest BCUT2D eigenvalue weighted by atomic mass is 16.7. The van der Waals surface area contributed by atoms with Crippen LogP contribution in [0.5, 0.6) is 0 Å². The molecular formula is C12H22O11. The average molecular weight is 342 g/mol. The molecule has 0 aromatic heterocycles. The summed E-state index contributed by atoms with van der Waals surface area (Å²) in [4.78, 5) is 0. The van der Waals surface area contributed by atoms with Gasteiger partial charge in [0.1, 0.15) is 49.3 Å². The molecule has 2 aliphatic rings. The van der Waals surface area contributed by atoms with Crippen LogP contribution in [0.1, 0.15) is 0 Å². The summed E-state index contributed by atoms with van der Waals surface area (Å²) in [6, 6.07) is 0. The van der Waals surface area contributed by atoms with Crippen molar-refractivity contribution in [3.8, 4) is 0 Å². The number of rotatable bonds is 5. The van der Waals surface area contributed by atoms with Crippen molar-refractivity contribution in [2.24, 2.45) is 0 Å². The van der Waals surface area contributed by atoms with Gasteiger partial charge in [-0.15, -0.1) is 0 Å². The van der Waals surface area contributed by atoms with Crippen LogP contribution in [0.2, 0.25) is 0 Å². The first kappa shape index (κ1) is 18.9. The molecule has 0 spiro atoms. The van der Waals surface area contributed by atoms with Crippen LogP contribution in [0, 0.1) is 0 Å². The van der Waals surface area contributed by atoms with Crippen LogP contribution in [0.25, 0.3) is 0 Å². The Balaban J connectivity index is 2.03. The van der Waals surface area contributed by atoms with E-state index in [4.69, 9.17) is 19.3 Å². The van der Waals surface area contributed by atoms with E-state index in [2.05, 4.69) is 0 Å². The summed E-state index contributed by atoms with van der Waals surface area (Å²) in [6.45, 7) is -2.06. The monoisotopic (exact) mass is 342 g/mol. The first-order chi connectivity index (χ1) is 10.8. The third kappa shape index (κ3) is 3.36. The second-order valence-electron chi connectivity index (χ2n) is 5.59. The molecule has 2 saturated heterocycles. The van der Waals surface area contributed by atoms with E-state index in [1.807, 2.05) is 0 Å². The molecular weight excluding hydrogens is 320 g/mol. The lowest BCUT2D eigenvalue weighted by Gasteiger charge is -2.39. The summed E-state index contributed by atoms with van der Waals surface area (Å²) in [7, 11) is 0. The van der Waals surface area contributed by atoms with Gasteiger partial charge in [0, 0.05) is 0 Å². The van der Waals surface area contributed by atoms with Crippen LogP contribution in [0.4, 0.5) is 0 Å². The molecule has 0 bridgehead atoms. The lowest BCUT2D eigenvalue weighted by molar-refractivity contribution is -0.321. The Morgan fingerprint density at radius 1 is 0.826 bits per heavy atom. The Labute approximate surface area is 130 Å². The van der Waals surface area contributed by atoms with Crippen LogP contribution >= 0.6 is 0 Å². The van der Waals surface area contributed by atoms with Crippen molar-refractivity contribution in [1.29, 1.82) is 0 Å². The zero-order chi connectivity index (χ0) is 17.4. The standard InChI is InChI=1S/C12H22O11/c13-1-4-7(16)10(19)12(3-14,23-4)21-2-5-6(15)8(17)9(18)11(20)22-5/h4-11,13-20H,1-3H2/t4-,5-,6-,7-,8+,9-,10+,11+,12+/m1/s1. The molecule has 11 nitrogen and oxygen atoms in total. The van der Waals surface area contributed by atoms with Gasteiger partial charge in [0.05, 0.1) is 13.2 Å². The quantitative estimate of drug-likeness (QED) is 0.238. The zero-order valence-electron chi connectivity index (χ0n) is 12.0. The Morgan fingerprint density at radius 2 is 1.48 bits per heavy atom. The number of hydrogen-bond acceptors (Lipinski definition) is 11. The smallest absolute Gasteiger partial charge is 0.221 e. The van der Waals surface area contributed by atoms with Gasteiger partial charge < -0.3 is 55.1 Å². The lowest BCUT2D eigenvalue weighted by atomic mass is 9.99. The summed E-state index contributed by atoms with van der Waals surface area (Å²) in [5.41, 5.74) is 0. The minimum Gasteiger partial charge on any atom is -0.394 e. The minimum absolute atomic E-state index is 0.551. The van der Waals surface area contributed by atoms with E-state index in [-0.39, 0.29) is 0 Å². The molecule has 0 unspecified atom stereocenters. The van der Waals surface area contributed by atoms with E-state index in [1.165, 1.54) is 0 Å². The largest absolute Gasteiger partial charge is 0.394 e. The maximum absolute atomic E-state index is 9.94. The molecule has 2 fully saturated rings. The molecule has 0 aromatic carbocycles. The molecule has 2 heterocycles. The van der Waals surface area contributed by atoms with Crippen LogP contribution in [0.15, 0.2) is 0 Å². The van der Waals surface area contributed by atoms with Gasteiger partial charge in [0.25, 0.3) is 0 Å². The third-order valence-electron chi connectivity index (χ3n) is 4.09. The van der Waals surface area contributed by atoms with Crippen molar-refractivity contribution >= 4 is 0 Å². The number of ether oxygens (including phenoxy) is 3. The minimum atomic E-state index is -2.07. The summed E-state index contributed by atoms with van der Waals surface area (Å²) in [5, 5.41) is 76.3. The highest BCUT2D eigenvalue weighted by molar-refractivity contribution is 4.97. The van der Waals surface area contributed by atoms with E-state index < -0.39 is 74.6 Å². The number of aliphatic hydroxyl groups excluding tert-OH is 8. The highest BCUT2D eigenvalue weighted by Gasteiger charge is 2.56. The van der Waals surface area contributed by atoms with Crippen molar-refractivity contribution < 1.29 is 55.1 Å². The van der Waals surface area contributed by atoms with E-state index in [0.29, 0.717) is 0 Å². The Morgan fingerprint density at radius 3 is 2.00 bits per heavy atom. The number of hydrogen-bond donors (Lipinski definition) is 8. The summed E-state index contributed by atoms with van der Waals surface area (Å²) in [5.74, 6) is -2.07. The molecule has 2 rings (SSSR count). The molecule has 23 heavy (non-hydrogen) atoms. The van der Waals surface area contributed by atoms with Gasteiger partial charge in [-0.05, 0) is 0 Å². The van der Waals surface area contributed by atoms with Gasteiger partial charge in [-0.25, -0.2) is 0 Å². The van der Waals surface area contributed by atoms with Crippen molar-refractivity contribution in [3.63, 3.8) is 0 Å². The lowest BCUT2D eigenvalue weighted by Crippen LogP contribution is -2.60. The second-order valence-corrected chi connectivity index (χ2v) is 5.59. The molecule has 0 amide bonds. The topological polar surface area (TPSA) is 190 Å². The molecule has 0 radical (unpaired) electrons. The van der Waals surface area contributed by atoms with Crippen LogP contribution in [-0.4, -0.2) is 115 Å². The third-order valence-corrected chi connectivity index (χ3v) is 4.09. The van der Waals surface area contributed by atoms with Gasteiger partial charge in [0.2, 0.25) is 5.79 Å². The van der Waals surface area contributed by atoms with Crippen molar-refractivity contribution in [2.75, 3.05) is 19.8 Å². The van der Waals surface area contributed by atoms with Crippen molar-refractivity contribution in [1.82, 2.24) is 0 Å². The fourth-order valence-corrected chi connectivity index (χ4v) is 2.59. The summed E-state index contributed by atoms with van der Waals surface area (Å²) < 4.78 is 15.2. The maximum Gasteiger partial charge on any atom is 0.221 e. The maximum atomic E-state index is 9.94. The predicted molar refractivity (Wildman–Crippen MR) is 68.6 cm³/mol. The van der Waals surface area contributed by atoms with Gasteiger partial charge in [0.15, 0.2) is 6.29 Å². The molecule has 0 aliphatic carbocycles. The van der Waals surface area contributed by atoms with Crippen molar-refractivity contribution in [3.05, 3.63) is 0 Å². The molecule has 11 heteroatoms. The van der Waals surface area contributed by atoms with E-state index >= 15 is 0 Å².